The van der Waals surface area contributed by atoms with Gasteiger partial charge in [-0.1, -0.05) is 66.2 Å². The van der Waals surface area contributed by atoms with E-state index in [9.17, 15) is 0 Å². The van der Waals surface area contributed by atoms with Crippen molar-refractivity contribution in [1.82, 2.24) is 4.98 Å². The zero-order chi connectivity index (χ0) is 16.5. The maximum atomic E-state index is 4.67. The van der Waals surface area contributed by atoms with Crippen LogP contribution < -0.4 is 0 Å². The van der Waals surface area contributed by atoms with Crippen molar-refractivity contribution in [3.63, 3.8) is 0 Å². The first-order valence-electron chi connectivity index (χ1n) is 8.24. The maximum Gasteiger partial charge on any atom is 0.0705 e. The average Bonchev–Trinajstić information content (AvgIpc) is 2.63. The van der Waals surface area contributed by atoms with Gasteiger partial charge in [-0.15, -0.1) is 0 Å². The highest BCUT2D eigenvalue weighted by Crippen LogP contribution is 2.31. The second-order valence-corrected chi connectivity index (χ2v) is 6.26. The maximum absolute atomic E-state index is 4.67. The summed E-state index contributed by atoms with van der Waals surface area (Å²) in [7, 11) is 0. The van der Waals surface area contributed by atoms with Gasteiger partial charge in [0.25, 0.3) is 0 Å². The van der Waals surface area contributed by atoms with E-state index in [2.05, 4.69) is 85.6 Å². The lowest BCUT2D eigenvalue weighted by Gasteiger charge is -2.11. The Morgan fingerprint density at radius 2 is 1.38 bits per heavy atom. The highest BCUT2D eigenvalue weighted by molar-refractivity contribution is 5.91. The van der Waals surface area contributed by atoms with Crippen LogP contribution in [0.2, 0.25) is 0 Å². The van der Waals surface area contributed by atoms with Crippen LogP contribution in [0.25, 0.3) is 33.2 Å². The van der Waals surface area contributed by atoms with Gasteiger partial charge < -0.3 is 0 Å². The van der Waals surface area contributed by atoms with Crippen LogP contribution in [0.4, 0.5) is 0 Å². The van der Waals surface area contributed by atoms with Gasteiger partial charge in [0.2, 0.25) is 0 Å². The van der Waals surface area contributed by atoms with Crippen molar-refractivity contribution in [3.05, 3.63) is 90.1 Å². The van der Waals surface area contributed by atoms with Crippen molar-refractivity contribution in [1.29, 1.82) is 0 Å². The Labute approximate surface area is 142 Å². The largest absolute Gasteiger partial charge is 0.256 e. The van der Waals surface area contributed by atoms with Crippen molar-refractivity contribution < 1.29 is 0 Å². The van der Waals surface area contributed by atoms with E-state index in [0.29, 0.717) is 0 Å². The number of fused-ring (bicyclic) bond motifs is 1. The minimum Gasteiger partial charge on any atom is -0.256 e. The molecule has 0 amide bonds. The van der Waals surface area contributed by atoms with E-state index < -0.39 is 0 Å². The molecule has 0 bridgehead atoms. The number of nitrogens with zero attached hydrogens (tertiary/aromatic N) is 1. The Morgan fingerprint density at radius 3 is 2.12 bits per heavy atom. The molecule has 0 N–H and O–H groups in total. The fourth-order valence-electron chi connectivity index (χ4n) is 3.16. The van der Waals surface area contributed by atoms with Crippen molar-refractivity contribution in [2.24, 2.45) is 0 Å². The molecule has 0 unspecified atom stereocenters. The number of hydrogen-bond acceptors (Lipinski definition) is 1. The molecule has 1 nitrogen and oxygen atoms in total. The summed E-state index contributed by atoms with van der Waals surface area (Å²) >= 11 is 0. The minimum atomic E-state index is 1.04. The molecular formula is C23H19N. The number of aromatic nitrogens is 1. The van der Waals surface area contributed by atoms with E-state index >= 15 is 0 Å². The van der Waals surface area contributed by atoms with Crippen LogP contribution in [0, 0.1) is 13.8 Å². The minimum absolute atomic E-state index is 1.04. The predicted molar refractivity (Wildman–Crippen MR) is 102 cm³/mol. The Bertz CT molecular complexity index is 999. The lowest BCUT2D eigenvalue weighted by atomic mass is 9.96. The van der Waals surface area contributed by atoms with E-state index in [1.165, 1.54) is 38.8 Å². The zero-order valence-corrected chi connectivity index (χ0v) is 14.0. The van der Waals surface area contributed by atoms with Gasteiger partial charge in [0, 0.05) is 17.1 Å². The van der Waals surface area contributed by atoms with E-state index in [1.807, 2.05) is 12.3 Å². The standard InChI is InChI=1S/C23H19N/c1-16-8-10-18(11-9-16)20-12-13-23-21(14-20)17(2)22(15-24-23)19-6-4-3-5-7-19/h3-15H,1-2H3. The molecule has 0 spiro atoms. The molecule has 1 heteroatoms. The van der Waals surface area contributed by atoms with Gasteiger partial charge >= 0.3 is 0 Å². The molecular weight excluding hydrogens is 290 g/mol. The lowest BCUT2D eigenvalue weighted by molar-refractivity contribution is 1.36. The van der Waals surface area contributed by atoms with Gasteiger partial charge in [-0.25, -0.2) is 0 Å². The summed E-state index contributed by atoms with van der Waals surface area (Å²) in [4.78, 5) is 4.67. The number of hydrogen-bond donors (Lipinski definition) is 0. The molecule has 1 heterocycles. The summed E-state index contributed by atoms with van der Waals surface area (Å²) in [5, 5.41) is 1.22. The van der Waals surface area contributed by atoms with E-state index in [1.54, 1.807) is 0 Å². The molecule has 4 aromatic rings. The highest BCUT2D eigenvalue weighted by Gasteiger charge is 2.08. The van der Waals surface area contributed by atoms with E-state index in [0.717, 1.165) is 5.52 Å². The smallest absolute Gasteiger partial charge is 0.0705 e. The Morgan fingerprint density at radius 1 is 0.667 bits per heavy atom. The monoisotopic (exact) mass is 309 g/mol. The summed E-state index contributed by atoms with van der Waals surface area (Å²) in [5.41, 5.74) is 8.49. The van der Waals surface area contributed by atoms with E-state index in [4.69, 9.17) is 0 Å². The van der Waals surface area contributed by atoms with Crippen LogP contribution in [-0.2, 0) is 0 Å². The van der Waals surface area contributed by atoms with Gasteiger partial charge in [0.1, 0.15) is 0 Å². The molecule has 116 valence electrons. The van der Waals surface area contributed by atoms with Gasteiger partial charge in [0.05, 0.1) is 5.52 Å². The van der Waals surface area contributed by atoms with Crippen LogP contribution in [0.3, 0.4) is 0 Å². The van der Waals surface area contributed by atoms with Crippen LogP contribution in [0.15, 0.2) is 79.0 Å². The Kier molecular flexibility index (Phi) is 3.62. The molecule has 1 aromatic heterocycles. The van der Waals surface area contributed by atoms with Gasteiger partial charge in [-0.05, 0) is 48.2 Å². The molecule has 0 saturated carbocycles. The van der Waals surface area contributed by atoms with Crippen LogP contribution in [0.5, 0.6) is 0 Å². The first-order valence-corrected chi connectivity index (χ1v) is 8.24. The second kappa shape index (κ2) is 5.93. The molecule has 3 aromatic carbocycles. The molecule has 0 aliphatic heterocycles. The second-order valence-electron chi connectivity index (χ2n) is 6.26. The van der Waals surface area contributed by atoms with Crippen molar-refractivity contribution in [2.45, 2.75) is 13.8 Å². The summed E-state index contributed by atoms with van der Waals surface area (Å²) in [6, 6.07) is 25.7. The molecule has 0 aliphatic rings. The summed E-state index contributed by atoms with van der Waals surface area (Å²) in [5.74, 6) is 0. The topological polar surface area (TPSA) is 12.9 Å². The number of aryl methyl sites for hydroxylation is 2. The van der Waals surface area contributed by atoms with Gasteiger partial charge in [-0.2, -0.15) is 0 Å². The van der Waals surface area contributed by atoms with Crippen molar-refractivity contribution >= 4 is 10.9 Å². The summed E-state index contributed by atoms with van der Waals surface area (Å²) < 4.78 is 0. The first kappa shape index (κ1) is 14.6. The third-order valence-corrected chi connectivity index (χ3v) is 4.61. The molecule has 0 radical (unpaired) electrons. The quantitative estimate of drug-likeness (QED) is 0.430. The predicted octanol–water partition coefficient (Wildman–Crippen LogP) is 6.19. The normalized spacial score (nSPS) is 10.9. The summed E-state index contributed by atoms with van der Waals surface area (Å²) in [6.07, 6.45) is 1.98. The van der Waals surface area contributed by atoms with Gasteiger partial charge in [-0.3, -0.25) is 4.98 Å². The third-order valence-electron chi connectivity index (χ3n) is 4.61. The Balaban J connectivity index is 1.89. The first-order chi connectivity index (χ1) is 11.7. The average molecular weight is 309 g/mol. The van der Waals surface area contributed by atoms with Crippen LogP contribution >= 0.6 is 0 Å². The SMILES string of the molecule is Cc1ccc(-c2ccc3ncc(-c4ccccc4)c(C)c3c2)cc1. The molecule has 0 fully saturated rings. The van der Waals surface area contributed by atoms with E-state index in [-0.39, 0.29) is 0 Å². The highest BCUT2D eigenvalue weighted by atomic mass is 14.7. The zero-order valence-electron chi connectivity index (χ0n) is 14.0. The fourth-order valence-corrected chi connectivity index (χ4v) is 3.16. The molecule has 0 saturated heterocycles. The van der Waals surface area contributed by atoms with Crippen molar-refractivity contribution in [3.8, 4) is 22.3 Å². The van der Waals surface area contributed by atoms with Crippen LogP contribution in [-0.4, -0.2) is 4.98 Å². The van der Waals surface area contributed by atoms with Gasteiger partial charge in [0.15, 0.2) is 0 Å². The molecule has 24 heavy (non-hydrogen) atoms. The number of benzene rings is 3. The molecule has 4 rings (SSSR count). The number of rotatable bonds is 2. The van der Waals surface area contributed by atoms with Crippen LogP contribution in [0.1, 0.15) is 11.1 Å². The third kappa shape index (κ3) is 2.59. The van der Waals surface area contributed by atoms with Crippen molar-refractivity contribution in [2.75, 3.05) is 0 Å². The lowest BCUT2D eigenvalue weighted by Crippen LogP contribution is -1.90. The fraction of sp³-hybridized carbons (Fsp3) is 0.0870. The Hall–Kier alpha value is -2.93. The molecule has 0 aliphatic carbocycles. The molecule has 0 atom stereocenters. The summed E-state index contributed by atoms with van der Waals surface area (Å²) in [6.45, 7) is 4.30. The number of pyridine rings is 1.